The van der Waals surface area contributed by atoms with Crippen molar-refractivity contribution in [3.8, 4) is 5.75 Å². The number of ether oxygens (including phenoxy) is 2. The van der Waals surface area contributed by atoms with E-state index in [9.17, 15) is 19.2 Å². The van der Waals surface area contributed by atoms with E-state index in [1.165, 1.54) is 19.1 Å². The molecule has 1 aromatic carbocycles. The highest BCUT2D eigenvalue weighted by Gasteiger charge is 2.24. The normalized spacial score (nSPS) is 14.3. The van der Waals surface area contributed by atoms with Crippen LogP contribution in [0.4, 0.5) is 4.79 Å². The van der Waals surface area contributed by atoms with Crippen LogP contribution in [0.3, 0.4) is 0 Å². The summed E-state index contributed by atoms with van der Waals surface area (Å²) in [6.45, 7) is 4.51. The Morgan fingerprint density at radius 1 is 1.07 bits per heavy atom. The Kier molecular flexibility index (Phi) is 7.98. The first-order chi connectivity index (χ1) is 13.4. The van der Waals surface area contributed by atoms with Crippen LogP contribution in [-0.2, 0) is 14.3 Å². The minimum absolute atomic E-state index is 0.00849. The van der Waals surface area contributed by atoms with E-state index in [0.29, 0.717) is 37.2 Å². The van der Waals surface area contributed by atoms with Crippen LogP contribution >= 0.6 is 0 Å². The van der Waals surface area contributed by atoms with Crippen molar-refractivity contribution in [2.75, 3.05) is 19.7 Å². The lowest BCUT2D eigenvalue weighted by Gasteiger charge is -2.32. The molecule has 0 atom stereocenters. The summed E-state index contributed by atoms with van der Waals surface area (Å²) in [5, 5.41) is 2.96. The number of hydrogen-bond donors (Lipinski definition) is 1. The van der Waals surface area contributed by atoms with E-state index in [4.69, 9.17) is 9.47 Å². The van der Waals surface area contributed by atoms with Gasteiger partial charge in [-0.3, -0.25) is 9.59 Å². The van der Waals surface area contributed by atoms with Crippen LogP contribution in [0.1, 0.15) is 49.9 Å². The molecule has 0 saturated carbocycles. The number of likely N-dealkylation sites (tertiary alicyclic amines) is 1. The Bertz CT molecular complexity index is 708. The smallest absolute Gasteiger partial charge is 0.434 e. The predicted octanol–water partition coefficient (Wildman–Crippen LogP) is 2.31. The first-order valence-electron chi connectivity index (χ1n) is 9.41. The average Bonchev–Trinajstić information content (AvgIpc) is 2.67. The molecular weight excluding hydrogens is 364 g/mol. The van der Waals surface area contributed by atoms with Crippen molar-refractivity contribution >= 4 is 23.8 Å². The Labute approximate surface area is 164 Å². The second-order valence-corrected chi connectivity index (χ2v) is 6.64. The van der Waals surface area contributed by atoms with Crippen LogP contribution < -0.4 is 10.1 Å². The second-order valence-electron chi connectivity index (χ2n) is 6.64. The molecule has 1 saturated heterocycles. The van der Waals surface area contributed by atoms with Gasteiger partial charge in [-0.15, -0.1) is 0 Å². The highest BCUT2D eigenvalue weighted by atomic mass is 16.7. The number of piperidine rings is 1. The molecule has 1 heterocycles. The molecule has 152 valence electrons. The third kappa shape index (κ3) is 6.68. The van der Waals surface area contributed by atoms with E-state index in [1.807, 2.05) is 0 Å². The molecular formula is C20H26N2O6. The van der Waals surface area contributed by atoms with Gasteiger partial charge in [-0.05, 0) is 51.0 Å². The SMILES string of the molecule is CCOC(=O)Oc1ccc(C(=O)NC2CCN(C(=O)CCC(C)=O)CC2)cc1. The minimum Gasteiger partial charge on any atom is -0.434 e. The molecule has 0 bridgehead atoms. The van der Waals surface area contributed by atoms with Crippen molar-refractivity contribution in [3.05, 3.63) is 29.8 Å². The number of amides is 2. The fourth-order valence-corrected chi connectivity index (χ4v) is 2.90. The van der Waals surface area contributed by atoms with Crippen molar-refractivity contribution in [3.63, 3.8) is 0 Å². The molecule has 8 heteroatoms. The maximum Gasteiger partial charge on any atom is 0.513 e. The summed E-state index contributed by atoms with van der Waals surface area (Å²) in [5.41, 5.74) is 0.455. The number of ketones is 1. The predicted molar refractivity (Wildman–Crippen MR) is 101 cm³/mol. The quantitative estimate of drug-likeness (QED) is 0.566. The summed E-state index contributed by atoms with van der Waals surface area (Å²) >= 11 is 0. The first-order valence-corrected chi connectivity index (χ1v) is 9.41. The molecule has 1 N–H and O–H groups in total. The van der Waals surface area contributed by atoms with Crippen LogP contribution in [0.2, 0.25) is 0 Å². The van der Waals surface area contributed by atoms with Gasteiger partial charge in [0.15, 0.2) is 0 Å². The topological polar surface area (TPSA) is 102 Å². The van der Waals surface area contributed by atoms with Gasteiger partial charge >= 0.3 is 6.16 Å². The van der Waals surface area contributed by atoms with Gasteiger partial charge in [-0.1, -0.05) is 0 Å². The lowest BCUT2D eigenvalue weighted by molar-refractivity contribution is -0.133. The average molecular weight is 390 g/mol. The summed E-state index contributed by atoms with van der Waals surface area (Å²) < 4.78 is 9.65. The molecule has 0 radical (unpaired) electrons. The number of carbonyl (C=O) groups excluding carboxylic acids is 4. The van der Waals surface area contributed by atoms with Crippen molar-refractivity contribution in [2.24, 2.45) is 0 Å². The van der Waals surface area contributed by atoms with E-state index < -0.39 is 6.16 Å². The Hall–Kier alpha value is -2.90. The Morgan fingerprint density at radius 3 is 2.29 bits per heavy atom. The van der Waals surface area contributed by atoms with Crippen LogP contribution in [0, 0.1) is 0 Å². The Morgan fingerprint density at radius 2 is 1.71 bits per heavy atom. The van der Waals surface area contributed by atoms with Gasteiger partial charge in [-0.2, -0.15) is 0 Å². The molecule has 1 aromatic rings. The highest BCUT2D eigenvalue weighted by Crippen LogP contribution is 2.15. The third-order valence-electron chi connectivity index (χ3n) is 4.45. The molecule has 0 spiro atoms. The molecule has 1 aliphatic rings. The molecule has 2 amide bonds. The fraction of sp³-hybridized carbons (Fsp3) is 0.500. The van der Waals surface area contributed by atoms with Gasteiger partial charge in [0.2, 0.25) is 5.91 Å². The van der Waals surface area contributed by atoms with Crippen LogP contribution in [-0.4, -0.2) is 54.4 Å². The van der Waals surface area contributed by atoms with Gasteiger partial charge in [0.05, 0.1) is 6.61 Å². The molecule has 2 rings (SSSR count). The molecule has 1 fully saturated rings. The number of benzene rings is 1. The zero-order valence-electron chi connectivity index (χ0n) is 16.2. The molecule has 8 nitrogen and oxygen atoms in total. The van der Waals surface area contributed by atoms with Crippen LogP contribution in [0.25, 0.3) is 0 Å². The monoisotopic (exact) mass is 390 g/mol. The van der Waals surface area contributed by atoms with Gasteiger partial charge in [-0.25, -0.2) is 4.79 Å². The van der Waals surface area contributed by atoms with Crippen molar-refractivity contribution < 1.29 is 28.7 Å². The lowest BCUT2D eigenvalue weighted by atomic mass is 10.0. The van der Waals surface area contributed by atoms with Gasteiger partial charge < -0.3 is 24.5 Å². The molecule has 1 aliphatic heterocycles. The number of hydrogen-bond acceptors (Lipinski definition) is 6. The number of carbonyl (C=O) groups is 4. The highest BCUT2D eigenvalue weighted by molar-refractivity contribution is 5.94. The van der Waals surface area contributed by atoms with E-state index >= 15 is 0 Å². The maximum atomic E-state index is 12.4. The van der Waals surface area contributed by atoms with Crippen molar-refractivity contribution in [1.82, 2.24) is 10.2 Å². The van der Waals surface area contributed by atoms with Gasteiger partial charge in [0.1, 0.15) is 11.5 Å². The minimum atomic E-state index is -0.788. The number of nitrogens with one attached hydrogen (secondary N) is 1. The number of nitrogens with zero attached hydrogens (tertiary/aromatic N) is 1. The van der Waals surface area contributed by atoms with Gasteiger partial charge in [0.25, 0.3) is 5.91 Å². The van der Waals surface area contributed by atoms with E-state index in [-0.39, 0.29) is 43.1 Å². The van der Waals surface area contributed by atoms with E-state index in [2.05, 4.69) is 5.32 Å². The maximum absolute atomic E-state index is 12.4. The largest absolute Gasteiger partial charge is 0.513 e. The zero-order chi connectivity index (χ0) is 20.5. The van der Waals surface area contributed by atoms with E-state index in [0.717, 1.165) is 0 Å². The first kappa shape index (κ1) is 21.4. The van der Waals surface area contributed by atoms with E-state index in [1.54, 1.807) is 24.0 Å². The summed E-state index contributed by atoms with van der Waals surface area (Å²) in [5.74, 6) is 0.0720. The second kappa shape index (κ2) is 10.4. The van der Waals surface area contributed by atoms with Crippen LogP contribution in [0.5, 0.6) is 5.75 Å². The molecule has 0 aromatic heterocycles. The van der Waals surface area contributed by atoms with Crippen molar-refractivity contribution in [2.45, 2.75) is 45.6 Å². The molecule has 0 aliphatic carbocycles. The Balaban J connectivity index is 1.78. The number of Topliss-reactive ketones (excluding diaryl/α,β-unsaturated/α-hetero) is 1. The van der Waals surface area contributed by atoms with Crippen LogP contribution in [0.15, 0.2) is 24.3 Å². The summed E-state index contributed by atoms with van der Waals surface area (Å²) in [4.78, 5) is 48.4. The number of rotatable bonds is 7. The molecule has 28 heavy (non-hydrogen) atoms. The summed E-state index contributed by atoms with van der Waals surface area (Å²) in [6, 6.07) is 6.19. The molecule has 0 unspecified atom stereocenters. The zero-order valence-corrected chi connectivity index (χ0v) is 16.2. The summed E-state index contributed by atoms with van der Waals surface area (Å²) in [6.07, 6.45) is 1.06. The van der Waals surface area contributed by atoms with Crippen molar-refractivity contribution in [1.29, 1.82) is 0 Å². The fourth-order valence-electron chi connectivity index (χ4n) is 2.90. The van der Waals surface area contributed by atoms with Gasteiger partial charge in [0, 0.05) is 37.5 Å². The summed E-state index contributed by atoms with van der Waals surface area (Å²) in [7, 11) is 0. The lowest BCUT2D eigenvalue weighted by Crippen LogP contribution is -2.46. The third-order valence-corrected chi connectivity index (χ3v) is 4.45. The standard InChI is InChI=1S/C20H26N2O6/c1-3-27-20(26)28-17-7-5-15(6-8-17)19(25)21-16-10-12-22(13-11-16)18(24)9-4-14(2)23/h5-8,16H,3-4,9-13H2,1-2H3,(H,21,25).